The van der Waals surface area contributed by atoms with Crippen molar-refractivity contribution in [2.24, 2.45) is 5.16 Å². The summed E-state index contributed by atoms with van der Waals surface area (Å²) in [4.78, 5) is 4.14. The summed E-state index contributed by atoms with van der Waals surface area (Å²) in [5.74, 6) is 0.0602. The third-order valence-electron chi connectivity index (χ3n) is 0.201. The SMILES string of the molecule is C=NOC(C)=N.CC. The number of nitrogens with one attached hydrogen (secondary N) is 1. The van der Waals surface area contributed by atoms with Gasteiger partial charge in [-0.15, -0.1) is 0 Å². The van der Waals surface area contributed by atoms with Crippen molar-refractivity contribution in [3.63, 3.8) is 0 Å². The summed E-state index contributed by atoms with van der Waals surface area (Å²) < 4.78 is 0. The van der Waals surface area contributed by atoms with Gasteiger partial charge in [-0.2, -0.15) is 0 Å². The fraction of sp³-hybridized carbons (Fsp3) is 0.600. The minimum atomic E-state index is 0.0602. The Bertz CT molecular complexity index is 70.8. The zero-order chi connectivity index (χ0) is 6.99. The van der Waals surface area contributed by atoms with Crippen molar-refractivity contribution in [3.05, 3.63) is 0 Å². The summed E-state index contributed by atoms with van der Waals surface area (Å²) in [7, 11) is 0. The van der Waals surface area contributed by atoms with Crippen LogP contribution in [0.5, 0.6) is 0 Å². The van der Waals surface area contributed by atoms with Crippen molar-refractivity contribution in [1.29, 1.82) is 5.41 Å². The first kappa shape index (κ1) is 10.2. The fourth-order valence-electron chi connectivity index (χ4n) is 0.0968. The second-order valence-electron chi connectivity index (χ2n) is 0.777. The Morgan fingerprint density at radius 2 is 2.00 bits per heavy atom. The van der Waals surface area contributed by atoms with Crippen LogP contribution in [0.25, 0.3) is 0 Å². The van der Waals surface area contributed by atoms with Crippen molar-refractivity contribution >= 4 is 12.6 Å². The Kier molecular flexibility index (Phi) is 12.1. The molecule has 0 spiro atoms. The van der Waals surface area contributed by atoms with Gasteiger partial charge in [-0.25, -0.2) is 0 Å². The molecule has 48 valence electrons. The van der Waals surface area contributed by atoms with Gasteiger partial charge in [0.25, 0.3) is 0 Å². The van der Waals surface area contributed by atoms with Gasteiger partial charge in [-0.05, 0) is 0 Å². The Morgan fingerprint density at radius 1 is 1.62 bits per heavy atom. The molecule has 8 heavy (non-hydrogen) atoms. The van der Waals surface area contributed by atoms with Crippen LogP contribution in [0.4, 0.5) is 0 Å². The summed E-state index contributed by atoms with van der Waals surface area (Å²) in [6, 6.07) is 0. The van der Waals surface area contributed by atoms with Crippen LogP contribution < -0.4 is 0 Å². The lowest BCUT2D eigenvalue weighted by molar-refractivity contribution is 0.326. The van der Waals surface area contributed by atoms with Crippen molar-refractivity contribution < 1.29 is 4.84 Å². The topological polar surface area (TPSA) is 45.4 Å². The Hall–Kier alpha value is -0.860. The summed E-state index contributed by atoms with van der Waals surface area (Å²) >= 11 is 0. The Morgan fingerprint density at radius 3 is 2.00 bits per heavy atom. The third-order valence-corrected chi connectivity index (χ3v) is 0.201. The molecule has 0 aromatic carbocycles. The molecule has 0 rings (SSSR count). The molecule has 0 bridgehead atoms. The number of oxime groups is 1. The van der Waals surface area contributed by atoms with E-state index < -0.39 is 0 Å². The maximum atomic E-state index is 6.54. The van der Waals surface area contributed by atoms with Gasteiger partial charge in [-0.1, -0.05) is 19.0 Å². The van der Waals surface area contributed by atoms with Gasteiger partial charge in [0.2, 0.25) is 5.90 Å². The first-order chi connectivity index (χ1) is 3.77. The summed E-state index contributed by atoms with van der Waals surface area (Å²) in [6.45, 7) is 8.47. The molecule has 0 amide bonds. The van der Waals surface area contributed by atoms with Crippen molar-refractivity contribution in [2.75, 3.05) is 0 Å². The molecular weight excluding hydrogens is 104 g/mol. The van der Waals surface area contributed by atoms with Crippen LogP contribution in [0.15, 0.2) is 5.16 Å². The van der Waals surface area contributed by atoms with Gasteiger partial charge < -0.3 is 4.84 Å². The van der Waals surface area contributed by atoms with Gasteiger partial charge in [-0.3, -0.25) is 5.41 Å². The van der Waals surface area contributed by atoms with E-state index in [1.165, 1.54) is 6.92 Å². The van der Waals surface area contributed by atoms with E-state index in [2.05, 4.69) is 16.7 Å². The van der Waals surface area contributed by atoms with Crippen LogP contribution in [0.3, 0.4) is 0 Å². The molecular formula is C5H12N2O. The van der Waals surface area contributed by atoms with E-state index >= 15 is 0 Å². The van der Waals surface area contributed by atoms with E-state index in [1.54, 1.807) is 0 Å². The van der Waals surface area contributed by atoms with Crippen molar-refractivity contribution in [1.82, 2.24) is 0 Å². The molecule has 0 aliphatic rings. The minimum absolute atomic E-state index is 0.0602. The van der Waals surface area contributed by atoms with Gasteiger partial charge >= 0.3 is 0 Å². The van der Waals surface area contributed by atoms with E-state index in [-0.39, 0.29) is 5.90 Å². The molecule has 0 radical (unpaired) electrons. The van der Waals surface area contributed by atoms with Crippen LogP contribution in [0, 0.1) is 5.41 Å². The van der Waals surface area contributed by atoms with Crippen LogP contribution in [0.1, 0.15) is 20.8 Å². The monoisotopic (exact) mass is 116 g/mol. The molecule has 0 saturated heterocycles. The van der Waals surface area contributed by atoms with Crippen LogP contribution in [0.2, 0.25) is 0 Å². The van der Waals surface area contributed by atoms with Crippen LogP contribution in [-0.2, 0) is 4.84 Å². The molecule has 0 heterocycles. The van der Waals surface area contributed by atoms with Crippen molar-refractivity contribution in [3.8, 4) is 0 Å². The zero-order valence-corrected chi connectivity index (χ0v) is 5.56. The first-order valence-corrected chi connectivity index (χ1v) is 2.45. The molecule has 0 atom stereocenters. The van der Waals surface area contributed by atoms with E-state index in [0.717, 1.165) is 0 Å². The molecule has 0 fully saturated rings. The van der Waals surface area contributed by atoms with Gasteiger partial charge in [0.15, 0.2) is 0 Å². The predicted octanol–water partition coefficient (Wildman–Crippen LogP) is 1.64. The largest absolute Gasteiger partial charge is 0.343 e. The lowest BCUT2D eigenvalue weighted by atomic mass is 10.8. The lowest BCUT2D eigenvalue weighted by Gasteiger charge is -1.84. The first-order valence-electron chi connectivity index (χ1n) is 2.45. The summed E-state index contributed by atoms with van der Waals surface area (Å²) in [5.41, 5.74) is 0. The second kappa shape index (κ2) is 9.46. The quantitative estimate of drug-likeness (QED) is 0.316. The van der Waals surface area contributed by atoms with Crippen LogP contribution in [-0.4, -0.2) is 12.6 Å². The smallest absolute Gasteiger partial charge is 0.214 e. The van der Waals surface area contributed by atoms with Crippen molar-refractivity contribution in [2.45, 2.75) is 20.8 Å². The fourth-order valence-corrected chi connectivity index (χ4v) is 0.0968. The number of hydrogen-bond acceptors (Lipinski definition) is 3. The van der Waals surface area contributed by atoms with Gasteiger partial charge in [0.1, 0.15) is 0 Å². The van der Waals surface area contributed by atoms with Crippen LogP contribution >= 0.6 is 0 Å². The second-order valence-corrected chi connectivity index (χ2v) is 0.777. The van der Waals surface area contributed by atoms with Gasteiger partial charge in [0, 0.05) is 13.6 Å². The number of nitrogens with zero attached hydrogens (tertiary/aromatic N) is 1. The number of rotatable bonds is 1. The molecule has 3 heteroatoms. The predicted molar refractivity (Wildman–Crippen MR) is 35.4 cm³/mol. The maximum Gasteiger partial charge on any atom is 0.214 e. The highest BCUT2D eigenvalue weighted by molar-refractivity contribution is 5.69. The van der Waals surface area contributed by atoms with E-state index in [4.69, 9.17) is 5.41 Å². The lowest BCUT2D eigenvalue weighted by Crippen LogP contribution is -1.86. The Labute approximate surface area is 49.9 Å². The highest BCUT2D eigenvalue weighted by Crippen LogP contribution is 1.70. The molecule has 0 aliphatic heterocycles. The molecule has 0 unspecified atom stereocenters. The highest BCUT2D eigenvalue weighted by Gasteiger charge is 1.74. The normalized spacial score (nSPS) is 5.88. The van der Waals surface area contributed by atoms with E-state index in [1.807, 2.05) is 13.8 Å². The maximum absolute atomic E-state index is 6.54. The molecule has 1 N–H and O–H groups in total. The average Bonchev–Trinajstić information content (AvgIpc) is 1.72. The highest BCUT2D eigenvalue weighted by atomic mass is 16.6. The zero-order valence-electron chi connectivity index (χ0n) is 5.56. The molecule has 0 aromatic heterocycles. The third kappa shape index (κ3) is 19.2. The average molecular weight is 116 g/mol. The Balaban J connectivity index is 0. The molecule has 0 aliphatic carbocycles. The standard InChI is InChI=1S/C3H6N2O.C2H6/c1-3(4)6-5-2;1-2/h4H,2H2,1H3;1-2H3. The van der Waals surface area contributed by atoms with E-state index in [9.17, 15) is 0 Å². The van der Waals surface area contributed by atoms with Gasteiger partial charge in [0.05, 0.1) is 0 Å². The minimum Gasteiger partial charge on any atom is -0.343 e. The molecule has 0 aromatic rings. The molecule has 3 nitrogen and oxygen atoms in total. The number of hydrogen-bond donors (Lipinski definition) is 1. The summed E-state index contributed by atoms with van der Waals surface area (Å²) in [5, 5.41) is 9.50. The molecule has 0 saturated carbocycles. The summed E-state index contributed by atoms with van der Waals surface area (Å²) in [6.07, 6.45) is 0. The van der Waals surface area contributed by atoms with E-state index in [0.29, 0.717) is 0 Å².